The zero-order chi connectivity index (χ0) is 16.2. The third kappa shape index (κ3) is 1.97. The van der Waals surface area contributed by atoms with Crippen molar-refractivity contribution >= 4 is 5.78 Å². The average molecular weight is 309 g/mol. The number of hydrogen-bond acceptors (Lipinski definition) is 3. The van der Waals surface area contributed by atoms with Gasteiger partial charge in [-0.2, -0.15) is 5.26 Å². The maximum atomic E-state index is 12.5. The summed E-state index contributed by atoms with van der Waals surface area (Å²) < 4.78 is 5.36. The van der Waals surface area contributed by atoms with Gasteiger partial charge in [0.05, 0.1) is 19.1 Å². The number of ketones is 1. The molecular weight excluding hydrogens is 286 g/mol. The van der Waals surface area contributed by atoms with Gasteiger partial charge in [-0.1, -0.05) is 13.0 Å². The van der Waals surface area contributed by atoms with Gasteiger partial charge in [-0.3, -0.25) is 4.79 Å². The smallest absolute Gasteiger partial charge is 0.140 e. The highest BCUT2D eigenvalue weighted by molar-refractivity contribution is 5.88. The Bertz CT molecular complexity index is 704. The van der Waals surface area contributed by atoms with E-state index in [1.54, 1.807) is 7.11 Å². The van der Waals surface area contributed by atoms with Gasteiger partial charge in [0.2, 0.25) is 0 Å². The lowest BCUT2D eigenvalue weighted by Crippen LogP contribution is -2.44. The second-order valence-corrected chi connectivity index (χ2v) is 7.72. The first-order valence-electron chi connectivity index (χ1n) is 8.68. The molecule has 3 aliphatic carbocycles. The van der Waals surface area contributed by atoms with Crippen LogP contribution >= 0.6 is 0 Å². The number of carbonyl (C=O) groups is 1. The molecule has 3 nitrogen and oxygen atoms in total. The number of aryl methyl sites for hydroxylation is 1. The molecule has 23 heavy (non-hydrogen) atoms. The van der Waals surface area contributed by atoms with Crippen LogP contribution in [-0.2, 0) is 11.2 Å². The van der Waals surface area contributed by atoms with Crippen LogP contribution < -0.4 is 4.74 Å². The summed E-state index contributed by atoms with van der Waals surface area (Å²) in [6.45, 7) is 2.12. The Balaban J connectivity index is 1.74. The molecule has 0 bridgehead atoms. The normalized spacial score (nSPS) is 38.2. The lowest BCUT2D eigenvalue weighted by molar-refractivity contribution is -0.129. The molecule has 0 spiro atoms. The summed E-state index contributed by atoms with van der Waals surface area (Å²) in [5, 5.41) is 9.57. The molecule has 0 heterocycles. The molecular formula is C20H23NO2. The van der Waals surface area contributed by atoms with E-state index in [2.05, 4.69) is 31.2 Å². The van der Waals surface area contributed by atoms with Crippen molar-refractivity contribution in [3.05, 3.63) is 29.3 Å². The molecule has 2 fully saturated rings. The van der Waals surface area contributed by atoms with Crippen LogP contribution in [0.15, 0.2) is 18.2 Å². The molecule has 0 radical (unpaired) electrons. The second-order valence-electron chi connectivity index (χ2n) is 7.72. The number of methoxy groups -OCH3 is 1. The van der Waals surface area contributed by atoms with Crippen molar-refractivity contribution in [2.75, 3.05) is 7.11 Å². The zero-order valence-electron chi connectivity index (χ0n) is 13.8. The van der Waals surface area contributed by atoms with Crippen LogP contribution in [0.25, 0.3) is 0 Å². The van der Waals surface area contributed by atoms with Gasteiger partial charge in [0.1, 0.15) is 11.5 Å². The number of ether oxygens (including phenoxy) is 1. The zero-order valence-corrected chi connectivity index (χ0v) is 13.8. The number of Topliss-reactive ketones (excluding diaryl/α,β-unsaturated/α-hetero) is 1. The van der Waals surface area contributed by atoms with E-state index in [-0.39, 0.29) is 17.3 Å². The first-order chi connectivity index (χ1) is 11.1. The summed E-state index contributed by atoms with van der Waals surface area (Å²) in [6, 6.07) is 8.89. The topological polar surface area (TPSA) is 50.1 Å². The molecule has 0 amide bonds. The Morgan fingerprint density at radius 3 is 2.91 bits per heavy atom. The highest BCUT2D eigenvalue weighted by atomic mass is 16.5. The van der Waals surface area contributed by atoms with Crippen molar-refractivity contribution in [3.63, 3.8) is 0 Å². The van der Waals surface area contributed by atoms with E-state index in [1.807, 2.05) is 0 Å². The van der Waals surface area contributed by atoms with Gasteiger partial charge in [-0.15, -0.1) is 0 Å². The SMILES string of the molecule is COc1ccc2c(c1)CC[C@H]1[C@@H]3[C@H](C#N)CC(=O)[C@@]3(C)CC[C@H]21. The maximum Gasteiger partial charge on any atom is 0.140 e. The Hall–Kier alpha value is -1.82. The number of fused-ring (bicyclic) bond motifs is 5. The van der Waals surface area contributed by atoms with Gasteiger partial charge in [0.15, 0.2) is 0 Å². The van der Waals surface area contributed by atoms with E-state index in [0.29, 0.717) is 24.0 Å². The van der Waals surface area contributed by atoms with E-state index in [9.17, 15) is 10.1 Å². The lowest BCUT2D eigenvalue weighted by Gasteiger charge is -2.49. The molecule has 5 atom stereocenters. The molecule has 1 aromatic carbocycles. The van der Waals surface area contributed by atoms with E-state index >= 15 is 0 Å². The molecule has 3 heteroatoms. The van der Waals surface area contributed by atoms with Crippen LogP contribution in [0, 0.1) is 34.5 Å². The van der Waals surface area contributed by atoms with E-state index in [4.69, 9.17) is 4.74 Å². The maximum absolute atomic E-state index is 12.5. The minimum absolute atomic E-state index is 0.0832. The van der Waals surface area contributed by atoms with E-state index in [0.717, 1.165) is 31.4 Å². The third-order valence-corrected chi connectivity index (χ3v) is 6.83. The standard InChI is InChI=1S/C20H23NO2/c1-20-8-7-16-15-6-4-14(23-2)9-12(15)3-5-17(16)19(20)13(11-21)10-18(20)22/h4,6,9,13,16-17,19H,3,5,7-8,10H2,1-2H3/t13-,16+,17+,19-,20+/m0/s1. The van der Waals surface area contributed by atoms with Gasteiger partial charge in [0.25, 0.3) is 0 Å². The van der Waals surface area contributed by atoms with Gasteiger partial charge >= 0.3 is 0 Å². The Kier molecular flexibility index (Phi) is 3.27. The first-order valence-corrected chi connectivity index (χ1v) is 8.68. The number of carbonyl (C=O) groups excluding carboxylic acids is 1. The van der Waals surface area contributed by atoms with Crippen molar-refractivity contribution in [1.29, 1.82) is 5.26 Å². The second kappa shape index (κ2) is 5.09. The minimum Gasteiger partial charge on any atom is -0.497 e. The highest BCUT2D eigenvalue weighted by Gasteiger charge is 2.58. The first kappa shape index (κ1) is 14.8. The van der Waals surface area contributed by atoms with Crippen LogP contribution in [0.2, 0.25) is 0 Å². The molecule has 3 aliphatic rings. The average Bonchev–Trinajstić information content (AvgIpc) is 2.85. The number of hydrogen-bond donors (Lipinski definition) is 0. The van der Waals surface area contributed by atoms with E-state index in [1.165, 1.54) is 11.1 Å². The molecule has 0 N–H and O–H groups in total. The molecule has 2 saturated carbocycles. The molecule has 4 rings (SSSR count). The Labute approximate surface area is 137 Å². The van der Waals surface area contributed by atoms with Gasteiger partial charge in [-0.25, -0.2) is 0 Å². The molecule has 1 aromatic rings. The number of benzene rings is 1. The summed E-state index contributed by atoms with van der Waals surface area (Å²) in [5.74, 6) is 2.39. The monoisotopic (exact) mass is 309 g/mol. The van der Waals surface area contributed by atoms with Crippen LogP contribution in [0.4, 0.5) is 0 Å². The molecule has 120 valence electrons. The van der Waals surface area contributed by atoms with Crippen LogP contribution in [0.5, 0.6) is 5.75 Å². The van der Waals surface area contributed by atoms with Crippen molar-refractivity contribution < 1.29 is 9.53 Å². The van der Waals surface area contributed by atoms with Crippen molar-refractivity contribution in [1.82, 2.24) is 0 Å². The van der Waals surface area contributed by atoms with Gasteiger partial charge in [0, 0.05) is 11.8 Å². The quantitative estimate of drug-likeness (QED) is 0.791. The van der Waals surface area contributed by atoms with E-state index < -0.39 is 0 Å². The number of nitriles is 1. The highest BCUT2D eigenvalue weighted by Crippen LogP contribution is 2.61. The predicted molar refractivity (Wildman–Crippen MR) is 87.1 cm³/mol. The summed E-state index contributed by atoms with van der Waals surface area (Å²) >= 11 is 0. The minimum atomic E-state index is -0.258. The van der Waals surface area contributed by atoms with Crippen LogP contribution in [-0.4, -0.2) is 12.9 Å². The predicted octanol–water partition coefficient (Wildman–Crippen LogP) is 3.87. The molecule has 0 aliphatic heterocycles. The summed E-state index contributed by atoms with van der Waals surface area (Å²) in [4.78, 5) is 12.5. The van der Waals surface area contributed by atoms with Crippen molar-refractivity contribution in [3.8, 4) is 11.8 Å². The number of rotatable bonds is 1. The number of nitrogens with zero attached hydrogens (tertiary/aromatic N) is 1. The fraction of sp³-hybridized carbons (Fsp3) is 0.600. The fourth-order valence-corrected chi connectivity index (χ4v) is 5.69. The van der Waals surface area contributed by atoms with Crippen LogP contribution in [0.1, 0.15) is 49.7 Å². The fourth-order valence-electron chi connectivity index (χ4n) is 5.69. The Morgan fingerprint density at radius 1 is 1.35 bits per heavy atom. The van der Waals surface area contributed by atoms with Crippen molar-refractivity contribution in [2.45, 2.75) is 44.9 Å². The molecule has 0 unspecified atom stereocenters. The van der Waals surface area contributed by atoms with Crippen molar-refractivity contribution in [2.24, 2.45) is 23.2 Å². The summed E-state index contributed by atoms with van der Waals surface area (Å²) in [6.07, 6.45) is 4.60. The van der Waals surface area contributed by atoms with Crippen LogP contribution in [0.3, 0.4) is 0 Å². The third-order valence-electron chi connectivity index (χ3n) is 6.83. The Morgan fingerprint density at radius 2 is 2.17 bits per heavy atom. The molecule has 0 saturated heterocycles. The van der Waals surface area contributed by atoms with Gasteiger partial charge < -0.3 is 4.74 Å². The summed E-state index contributed by atoms with van der Waals surface area (Å²) in [7, 11) is 1.71. The molecule has 0 aromatic heterocycles. The largest absolute Gasteiger partial charge is 0.497 e. The van der Waals surface area contributed by atoms with Gasteiger partial charge in [-0.05, 0) is 66.7 Å². The lowest BCUT2D eigenvalue weighted by atomic mass is 9.54. The summed E-state index contributed by atoms with van der Waals surface area (Å²) in [5.41, 5.74) is 2.57.